The monoisotopic (exact) mass is 413 g/mol. The Morgan fingerprint density at radius 2 is 1.61 bits per heavy atom. The lowest BCUT2D eigenvalue weighted by Gasteiger charge is -2.32. The van der Waals surface area contributed by atoms with E-state index in [-0.39, 0.29) is 6.61 Å². The number of esters is 1. The molecule has 1 aromatic heterocycles. The Morgan fingerprint density at radius 1 is 1.00 bits per heavy atom. The van der Waals surface area contributed by atoms with Crippen LogP contribution in [-0.2, 0) is 4.74 Å². The molecule has 1 N–H and O–H groups in total. The van der Waals surface area contributed by atoms with Crippen LogP contribution in [-0.4, -0.2) is 38.8 Å². The van der Waals surface area contributed by atoms with Gasteiger partial charge >= 0.3 is 5.97 Å². The molecule has 0 aliphatic carbocycles. The standard InChI is InChI=1S/C25H24N4O2/c1-2-31-25(30)22-17-20(18-26)24(27-23(22)19-9-5-3-6-10-19)29-15-13-28(14-16-29)21-11-7-4-8-12-21/h3-12,17H,2,13-16H2,1H3/p+1. The zero-order chi connectivity index (χ0) is 21.6. The fraction of sp³-hybridized carbons (Fsp3) is 0.240. The molecule has 0 unspecified atom stereocenters. The predicted octanol–water partition coefficient (Wildman–Crippen LogP) is 3.54. The van der Waals surface area contributed by atoms with E-state index in [2.05, 4.69) is 33.0 Å². The maximum atomic E-state index is 12.6. The third-order valence-electron chi connectivity index (χ3n) is 5.45. The first-order chi connectivity index (χ1) is 15.2. The molecule has 0 spiro atoms. The van der Waals surface area contributed by atoms with Gasteiger partial charge in [0, 0.05) is 11.3 Å². The van der Waals surface area contributed by atoms with Crippen LogP contribution in [0.2, 0.25) is 0 Å². The lowest BCUT2D eigenvalue weighted by molar-refractivity contribution is -0.351. The number of carbonyl (C=O) groups is 1. The van der Waals surface area contributed by atoms with Crippen molar-refractivity contribution in [1.29, 1.82) is 5.26 Å². The van der Waals surface area contributed by atoms with Crippen LogP contribution >= 0.6 is 0 Å². The summed E-state index contributed by atoms with van der Waals surface area (Å²) in [5, 5.41) is 9.82. The Labute approximate surface area is 182 Å². The molecule has 4 rings (SSSR count). The van der Waals surface area contributed by atoms with Crippen LogP contribution in [0.3, 0.4) is 0 Å². The van der Waals surface area contributed by atoms with Crippen LogP contribution < -0.4 is 14.8 Å². The molecule has 0 atom stereocenters. The minimum absolute atomic E-state index is 0.276. The number of nitriles is 1. The van der Waals surface area contributed by atoms with E-state index < -0.39 is 5.97 Å². The van der Waals surface area contributed by atoms with Crippen molar-refractivity contribution in [3.63, 3.8) is 0 Å². The van der Waals surface area contributed by atoms with E-state index in [1.165, 1.54) is 5.69 Å². The van der Waals surface area contributed by atoms with Crippen LogP contribution in [0.5, 0.6) is 0 Å². The van der Waals surface area contributed by atoms with Crippen molar-refractivity contribution >= 4 is 17.5 Å². The molecule has 2 aromatic carbocycles. The van der Waals surface area contributed by atoms with Crippen LogP contribution in [0.4, 0.5) is 11.5 Å². The third kappa shape index (κ3) is 4.36. The Bertz CT molecular complexity index is 1090. The summed E-state index contributed by atoms with van der Waals surface area (Å²) in [6.07, 6.45) is 0. The zero-order valence-electron chi connectivity index (χ0n) is 17.5. The highest BCUT2D eigenvalue weighted by atomic mass is 16.5. The molecule has 156 valence electrons. The number of H-pyrrole nitrogens is 1. The molecule has 6 heteroatoms. The molecule has 1 fully saturated rings. The summed E-state index contributed by atoms with van der Waals surface area (Å²) in [7, 11) is 0. The summed E-state index contributed by atoms with van der Waals surface area (Å²) in [6.45, 7) is 5.29. The topological polar surface area (TPSA) is 70.7 Å². The van der Waals surface area contributed by atoms with E-state index in [0.29, 0.717) is 16.8 Å². The second-order valence-electron chi connectivity index (χ2n) is 7.33. The van der Waals surface area contributed by atoms with E-state index >= 15 is 0 Å². The van der Waals surface area contributed by atoms with E-state index in [9.17, 15) is 10.1 Å². The SMILES string of the molecule is CCOC(=O)c1cc(C#N)c(N2CCN(c3ccccc3)CC2)[nH+]c1-c1ccccc1. The van der Waals surface area contributed by atoms with Gasteiger partial charge in [-0.15, -0.1) is 0 Å². The van der Waals surface area contributed by atoms with E-state index in [4.69, 9.17) is 4.74 Å². The van der Waals surface area contributed by atoms with Crippen molar-refractivity contribution in [2.75, 3.05) is 42.6 Å². The largest absolute Gasteiger partial charge is 0.462 e. The maximum absolute atomic E-state index is 12.6. The van der Waals surface area contributed by atoms with Gasteiger partial charge in [-0.2, -0.15) is 5.26 Å². The highest BCUT2D eigenvalue weighted by Gasteiger charge is 2.30. The lowest BCUT2D eigenvalue weighted by Crippen LogP contribution is -2.48. The first-order valence-electron chi connectivity index (χ1n) is 10.5. The maximum Gasteiger partial charge on any atom is 0.342 e. The van der Waals surface area contributed by atoms with Crippen LogP contribution in [0, 0.1) is 11.3 Å². The lowest BCUT2D eigenvalue weighted by atomic mass is 10.0. The van der Waals surface area contributed by atoms with Gasteiger partial charge < -0.3 is 9.64 Å². The fourth-order valence-corrected chi connectivity index (χ4v) is 3.90. The minimum Gasteiger partial charge on any atom is -0.462 e. The average Bonchev–Trinajstić information content (AvgIpc) is 2.84. The van der Waals surface area contributed by atoms with Crippen molar-refractivity contribution in [3.05, 3.63) is 77.9 Å². The van der Waals surface area contributed by atoms with E-state index in [0.717, 1.165) is 37.6 Å². The summed E-state index contributed by atoms with van der Waals surface area (Å²) in [5.41, 5.74) is 3.55. The zero-order valence-corrected chi connectivity index (χ0v) is 17.5. The molecule has 2 heterocycles. The fourth-order valence-electron chi connectivity index (χ4n) is 3.90. The summed E-state index contributed by atoms with van der Waals surface area (Å²) >= 11 is 0. The van der Waals surface area contributed by atoms with E-state index in [1.54, 1.807) is 13.0 Å². The van der Waals surface area contributed by atoms with Crippen LogP contribution in [0.25, 0.3) is 11.3 Å². The highest BCUT2D eigenvalue weighted by molar-refractivity contribution is 5.96. The number of para-hydroxylation sites is 1. The van der Waals surface area contributed by atoms with Crippen LogP contribution in [0.1, 0.15) is 22.8 Å². The molecular weight excluding hydrogens is 388 g/mol. The predicted molar refractivity (Wildman–Crippen MR) is 120 cm³/mol. The van der Waals surface area contributed by atoms with Crippen molar-refractivity contribution < 1.29 is 14.5 Å². The second-order valence-corrected chi connectivity index (χ2v) is 7.33. The number of anilines is 2. The number of benzene rings is 2. The Balaban J connectivity index is 1.68. The highest BCUT2D eigenvalue weighted by Crippen LogP contribution is 2.26. The molecule has 0 saturated carbocycles. The van der Waals surface area contributed by atoms with Gasteiger partial charge in [-0.1, -0.05) is 48.5 Å². The summed E-state index contributed by atoms with van der Waals surface area (Å²) in [4.78, 5) is 20.5. The smallest absolute Gasteiger partial charge is 0.342 e. The number of hydrogen-bond acceptors (Lipinski definition) is 5. The molecule has 0 bridgehead atoms. The number of pyridine rings is 1. The molecule has 0 amide bonds. The number of nitrogens with zero attached hydrogens (tertiary/aromatic N) is 3. The van der Waals surface area contributed by atoms with Gasteiger partial charge in [-0.3, -0.25) is 4.90 Å². The van der Waals surface area contributed by atoms with Crippen molar-refractivity contribution in [2.45, 2.75) is 6.92 Å². The molecule has 31 heavy (non-hydrogen) atoms. The molecular formula is C25H25N4O2+. The van der Waals surface area contributed by atoms with Crippen molar-refractivity contribution in [2.24, 2.45) is 0 Å². The first kappa shape index (κ1) is 20.4. The molecule has 1 aliphatic rings. The second kappa shape index (κ2) is 9.31. The van der Waals surface area contributed by atoms with E-state index in [1.807, 2.05) is 48.5 Å². The molecule has 1 saturated heterocycles. The third-order valence-corrected chi connectivity index (χ3v) is 5.45. The first-order valence-corrected chi connectivity index (χ1v) is 10.5. The Morgan fingerprint density at radius 3 is 2.23 bits per heavy atom. The van der Waals surface area contributed by atoms with Crippen molar-refractivity contribution in [3.8, 4) is 17.3 Å². The van der Waals surface area contributed by atoms with Gasteiger partial charge in [-0.25, -0.2) is 9.78 Å². The van der Waals surface area contributed by atoms with Gasteiger partial charge in [0.2, 0.25) is 0 Å². The summed E-state index contributed by atoms with van der Waals surface area (Å²) in [6, 6.07) is 23.9. The average molecular weight is 414 g/mol. The number of piperazine rings is 1. The Kier molecular flexibility index (Phi) is 6.13. The number of nitrogens with one attached hydrogen (secondary N) is 1. The quantitative estimate of drug-likeness (QED) is 0.599. The number of aromatic nitrogens is 1. The van der Waals surface area contributed by atoms with Gasteiger partial charge in [-0.05, 0) is 25.1 Å². The summed E-state index contributed by atoms with van der Waals surface area (Å²) < 4.78 is 5.25. The van der Waals surface area contributed by atoms with Crippen LogP contribution in [0.15, 0.2) is 66.7 Å². The number of hydrogen-bond donors (Lipinski definition) is 0. The van der Waals surface area contributed by atoms with Gasteiger partial charge in [0.05, 0.1) is 19.7 Å². The minimum atomic E-state index is -0.436. The van der Waals surface area contributed by atoms with Gasteiger partial charge in [0.25, 0.3) is 5.82 Å². The number of ether oxygens (including phenoxy) is 1. The molecule has 0 radical (unpaired) electrons. The normalized spacial score (nSPS) is 13.5. The summed E-state index contributed by atoms with van der Waals surface area (Å²) in [5.74, 6) is 0.302. The number of rotatable bonds is 5. The molecule has 6 nitrogen and oxygen atoms in total. The Hall–Kier alpha value is -3.85. The number of aromatic amines is 1. The van der Waals surface area contributed by atoms with Gasteiger partial charge in [0.15, 0.2) is 0 Å². The molecule has 3 aromatic rings. The molecule has 1 aliphatic heterocycles. The number of carbonyl (C=O) groups excluding carboxylic acids is 1. The van der Waals surface area contributed by atoms with Gasteiger partial charge in [0.1, 0.15) is 36.0 Å². The van der Waals surface area contributed by atoms with Crippen molar-refractivity contribution in [1.82, 2.24) is 0 Å².